The zero-order valence-electron chi connectivity index (χ0n) is 32.7. The summed E-state index contributed by atoms with van der Waals surface area (Å²) in [5.41, 5.74) is 7.09. The predicted octanol–water partition coefficient (Wildman–Crippen LogP) is 5.33. The number of ether oxygens (including phenoxy) is 3. The van der Waals surface area contributed by atoms with Crippen LogP contribution in [0, 0.1) is 5.41 Å². The van der Waals surface area contributed by atoms with Crippen molar-refractivity contribution in [3.8, 4) is 17.0 Å². The van der Waals surface area contributed by atoms with Gasteiger partial charge in [-0.1, -0.05) is 18.7 Å². The monoisotopic (exact) mass is 781 g/mol. The summed E-state index contributed by atoms with van der Waals surface area (Å²) in [7, 11) is 2.10. The number of rotatable bonds is 13. The normalized spacial score (nSPS) is 20.7. The van der Waals surface area contributed by atoms with Crippen molar-refractivity contribution in [1.29, 1.82) is 0 Å². The molecule has 3 aromatic heterocycles. The van der Waals surface area contributed by atoms with Gasteiger partial charge in [-0.2, -0.15) is 0 Å². The molecule has 298 valence electrons. The first-order valence-electron chi connectivity index (χ1n) is 20.3. The highest BCUT2D eigenvalue weighted by Gasteiger charge is 2.53. The van der Waals surface area contributed by atoms with E-state index >= 15 is 0 Å². The highest BCUT2D eigenvalue weighted by molar-refractivity contribution is 6.23. The maximum absolute atomic E-state index is 13.2. The molecular weight excluding hydrogens is 735 g/mol. The molecule has 10 rings (SSSR count). The van der Waals surface area contributed by atoms with E-state index in [0.29, 0.717) is 73.9 Å². The van der Waals surface area contributed by atoms with Gasteiger partial charge in [0.15, 0.2) is 0 Å². The minimum Gasteiger partial charge on any atom is -0.474 e. The summed E-state index contributed by atoms with van der Waals surface area (Å²) in [6.07, 6.45) is 9.89. The number of piperidine rings is 1. The van der Waals surface area contributed by atoms with Gasteiger partial charge in [0.1, 0.15) is 12.1 Å². The Kier molecular flexibility index (Phi) is 9.26. The van der Waals surface area contributed by atoms with Gasteiger partial charge in [-0.25, -0.2) is 4.98 Å². The molecule has 5 aliphatic rings. The molecular formula is C45H47N7O6. The summed E-state index contributed by atoms with van der Waals surface area (Å²) < 4.78 is 20.5. The number of aromatic nitrogens is 3. The van der Waals surface area contributed by atoms with Crippen LogP contribution in [0.5, 0.6) is 5.88 Å². The lowest BCUT2D eigenvalue weighted by Gasteiger charge is -2.58. The standard InChI is InChI=1S/C45H47N7O6/c1-28-4-10-39(42(53)48-28)52-43(54)35-9-7-31(19-36(35)44(52)55)51-24-33(25-51)57-16-3-15-56-17-14-50-26-45(27-50)20-32(21-45)58-41-11-6-30(22-47-41)29-5-8-34-37-23-46-13-12-38(37)49(2)40(34)18-29/h5-9,11-13,18-19,22-23,32-33,39H,1,3-4,10,14-17,20-21,24-27H2,2H3,(H,48,53). The number of allylic oxidation sites excluding steroid dienone is 1. The van der Waals surface area contributed by atoms with Gasteiger partial charge in [-0.15, -0.1) is 0 Å². The number of carbonyl (C=O) groups excluding carboxylic acids is 3. The summed E-state index contributed by atoms with van der Waals surface area (Å²) in [5.74, 6) is -0.507. The van der Waals surface area contributed by atoms with Crippen LogP contribution in [0.2, 0.25) is 0 Å². The van der Waals surface area contributed by atoms with Gasteiger partial charge >= 0.3 is 0 Å². The largest absolute Gasteiger partial charge is 0.474 e. The van der Waals surface area contributed by atoms with Crippen molar-refractivity contribution in [2.24, 2.45) is 12.5 Å². The number of anilines is 1. The molecule has 1 saturated carbocycles. The first-order chi connectivity index (χ1) is 28.2. The van der Waals surface area contributed by atoms with Crippen molar-refractivity contribution in [3.63, 3.8) is 0 Å². The molecule has 1 spiro atoms. The number of benzene rings is 2. The molecule has 1 unspecified atom stereocenters. The average Bonchev–Trinajstić information content (AvgIpc) is 3.61. The van der Waals surface area contributed by atoms with Gasteiger partial charge in [0.25, 0.3) is 11.8 Å². The van der Waals surface area contributed by atoms with Crippen LogP contribution >= 0.6 is 0 Å². The lowest BCUT2D eigenvalue weighted by Crippen LogP contribution is -2.64. The van der Waals surface area contributed by atoms with Crippen molar-refractivity contribution in [2.75, 3.05) is 57.4 Å². The molecule has 3 saturated heterocycles. The number of hydrogen-bond acceptors (Lipinski definition) is 10. The Balaban J connectivity index is 0.593. The van der Waals surface area contributed by atoms with Crippen LogP contribution in [0.3, 0.4) is 0 Å². The van der Waals surface area contributed by atoms with Crippen LogP contribution in [0.25, 0.3) is 32.9 Å². The highest BCUT2D eigenvalue weighted by Crippen LogP contribution is 2.49. The van der Waals surface area contributed by atoms with Gasteiger partial charge in [-0.3, -0.25) is 29.2 Å². The summed E-state index contributed by atoms with van der Waals surface area (Å²) in [5, 5.41) is 5.04. The third-order valence-corrected chi connectivity index (χ3v) is 12.7. The Morgan fingerprint density at radius 1 is 0.862 bits per heavy atom. The number of likely N-dealkylation sites (tertiary alicyclic amines) is 1. The second kappa shape index (κ2) is 14.6. The molecule has 13 nitrogen and oxygen atoms in total. The predicted molar refractivity (Wildman–Crippen MR) is 219 cm³/mol. The number of amides is 3. The number of pyridine rings is 2. The summed E-state index contributed by atoms with van der Waals surface area (Å²) in [6.45, 7) is 10.4. The van der Waals surface area contributed by atoms with Crippen molar-refractivity contribution in [2.45, 2.75) is 50.4 Å². The van der Waals surface area contributed by atoms with Crippen LogP contribution in [-0.4, -0.2) is 113 Å². The van der Waals surface area contributed by atoms with E-state index < -0.39 is 17.9 Å². The second-order valence-corrected chi connectivity index (χ2v) is 16.6. The fraction of sp³-hybridized carbons (Fsp3) is 0.400. The smallest absolute Gasteiger partial charge is 0.262 e. The van der Waals surface area contributed by atoms with E-state index in [4.69, 9.17) is 14.2 Å². The topological polar surface area (TPSA) is 131 Å². The molecule has 58 heavy (non-hydrogen) atoms. The van der Waals surface area contributed by atoms with Crippen LogP contribution in [0.4, 0.5) is 5.69 Å². The van der Waals surface area contributed by atoms with Crippen LogP contribution in [-0.2, 0) is 21.3 Å². The Labute approximate surface area is 336 Å². The molecule has 1 N–H and O–H groups in total. The molecule has 13 heteroatoms. The van der Waals surface area contributed by atoms with Gasteiger partial charge < -0.3 is 29.0 Å². The number of nitrogens with zero attached hydrogens (tertiary/aromatic N) is 6. The second-order valence-electron chi connectivity index (χ2n) is 16.6. The maximum atomic E-state index is 13.2. The minimum absolute atomic E-state index is 0.110. The van der Waals surface area contributed by atoms with E-state index in [1.165, 1.54) is 16.4 Å². The van der Waals surface area contributed by atoms with Gasteiger partial charge in [0.2, 0.25) is 11.8 Å². The number of carbonyl (C=O) groups is 3. The van der Waals surface area contributed by atoms with Crippen molar-refractivity contribution in [1.82, 2.24) is 29.7 Å². The van der Waals surface area contributed by atoms with Gasteiger partial charge in [-0.05, 0) is 74.1 Å². The van der Waals surface area contributed by atoms with E-state index in [0.717, 1.165) is 66.0 Å². The molecule has 4 aliphatic heterocycles. The SMILES string of the molecule is C=C1CCC(N2C(=O)c3ccc(N4CC(OCCCOCCN5CC6(CC(Oc7ccc(-c8ccc9c%10cnccc%10n(C)c9c8)cn7)C6)C5)C4)cc3C2=O)C(=O)N1. The molecule has 4 fully saturated rings. The summed E-state index contributed by atoms with van der Waals surface area (Å²) in [6, 6.07) is 17.2. The molecule has 1 atom stereocenters. The molecule has 5 aromatic rings. The van der Waals surface area contributed by atoms with E-state index in [9.17, 15) is 14.4 Å². The Morgan fingerprint density at radius 2 is 1.69 bits per heavy atom. The number of aryl methyl sites for hydroxylation is 1. The summed E-state index contributed by atoms with van der Waals surface area (Å²) >= 11 is 0. The fourth-order valence-electron chi connectivity index (χ4n) is 9.53. The van der Waals surface area contributed by atoms with E-state index in [2.05, 4.69) is 73.6 Å². The molecule has 7 heterocycles. The minimum atomic E-state index is -0.810. The Morgan fingerprint density at radius 3 is 2.50 bits per heavy atom. The van der Waals surface area contributed by atoms with Crippen molar-refractivity contribution < 1.29 is 28.6 Å². The maximum Gasteiger partial charge on any atom is 0.262 e. The lowest BCUT2D eigenvalue weighted by atomic mass is 9.62. The Bertz CT molecular complexity index is 2440. The highest BCUT2D eigenvalue weighted by atomic mass is 16.5. The van der Waals surface area contributed by atoms with Crippen molar-refractivity contribution in [3.05, 3.63) is 96.6 Å². The number of hydrogen-bond donors (Lipinski definition) is 1. The number of nitrogens with one attached hydrogen (secondary N) is 1. The molecule has 0 radical (unpaired) electrons. The lowest BCUT2D eigenvalue weighted by molar-refractivity contribution is -0.125. The van der Waals surface area contributed by atoms with E-state index in [1.807, 2.05) is 30.7 Å². The Hall–Kier alpha value is -5.63. The van der Waals surface area contributed by atoms with Crippen LogP contribution in [0.15, 0.2) is 85.5 Å². The zero-order chi connectivity index (χ0) is 39.5. The van der Waals surface area contributed by atoms with E-state index in [-0.39, 0.29) is 18.1 Å². The van der Waals surface area contributed by atoms with Crippen LogP contribution < -0.4 is 15.0 Å². The summed E-state index contributed by atoms with van der Waals surface area (Å²) in [4.78, 5) is 53.4. The average molecular weight is 782 g/mol. The molecule has 0 bridgehead atoms. The third kappa shape index (κ3) is 6.60. The van der Waals surface area contributed by atoms with Gasteiger partial charge in [0.05, 0.1) is 29.4 Å². The number of fused-ring (bicyclic) bond motifs is 4. The first-order valence-corrected chi connectivity index (χ1v) is 20.3. The molecule has 1 aliphatic carbocycles. The molecule has 3 amide bonds. The fourth-order valence-corrected chi connectivity index (χ4v) is 9.53. The van der Waals surface area contributed by atoms with E-state index in [1.54, 1.807) is 12.1 Å². The zero-order valence-corrected chi connectivity index (χ0v) is 32.7. The van der Waals surface area contributed by atoms with Crippen LogP contribution in [0.1, 0.15) is 52.8 Å². The van der Waals surface area contributed by atoms with Gasteiger partial charge in [0, 0.05) is 116 Å². The molecule has 2 aromatic carbocycles. The third-order valence-electron chi connectivity index (χ3n) is 12.7. The first kappa shape index (κ1) is 36.7. The quantitative estimate of drug-likeness (QED) is 0.124. The van der Waals surface area contributed by atoms with Crippen molar-refractivity contribution >= 4 is 45.2 Å². The number of imide groups is 1.